The third-order valence-electron chi connectivity index (χ3n) is 4.36. The summed E-state index contributed by atoms with van der Waals surface area (Å²) >= 11 is 1.70. The van der Waals surface area contributed by atoms with Crippen LogP contribution in [-0.4, -0.2) is 50.6 Å². The lowest BCUT2D eigenvalue weighted by atomic mass is 10.0. The molecule has 1 fully saturated rings. The van der Waals surface area contributed by atoms with Crippen LogP contribution in [0.5, 0.6) is 0 Å². The summed E-state index contributed by atoms with van der Waals surface area (Å²) in [4.78, 5) is 14.1. The summed E-state index contributed by atoms with van der Waals surface area (Å²) in [7, 11) is 0. The zero-order valence-corrected chi connectivity index (χ0v) is 14.1. The highest BCUT2D eigenvalue weighted by atomic mass is 32.2. The van der Waals surface area contributed by atoms with Gasteiger partial charge >= 0.3 is 6.18 Å². The Morgan fingerprint density at radius 1 is 1.38 bits per heavy atom. The molecule has 0 saturated carbocycles. The SMILES string of the molecule is Cc1cc(C(F)(F)F)nn1CC(=O)N1CCC(N2CC=CS2)CC1. The van der Waals surface area contributed by atoms with Crippen molar-refractivity contribution in [2.75, 3.05) is 19.6 Å². The largest absolute Gasteiger partial charge is 0.435 e. The number of aromatic nitrogens is 2. The molecular formula is C15H19F3N4OS. The number of nitrogens with zero attached hydrogens (tertiary/aromatic N) is 4. The molecule has 0 radical (unpaired) electrons. The summed E-state index contributed by atoms with van der Waals surface area (Å²) in [6, 6.07) is 1.41. The lowest BCUT2D eigenvalue weighted by Crippen LogP contribution is -2.45. The van der Waals surface area contributed by atoms with Crippen LogP contribution in [0.2, 0.25) is 0 Å². The van der Waals surface area contributed by atoms with Gasteiger partial charge in [0.05, 0.1) is 0 Å². The van der Waals surface area contributed by atoms with Gasteiger partial charge in [0, 0.05) is 31.4 Å². The minimum Gasteiger partial charge on any atom is -0.341 e. The molecular weight excluding hydrogens is 341 g/mol. The van der Waals surface area contributed by atoms with Crippen LogP contribution in [0.4, 0.5) is 13.2 Å². The third-order valence-corrected chi connectivity index (χ3v) is 5.39. The second-order valence-electron chi connectivity index (χ2n) is 6.02. The first-order valence-electron chi connectivity index (χ1n) is 7.82. The Bertz CT molecular complexity index is 627. The van der Waals surface area contributed by atoms with E-state index in [-0.39, 0.29) is 12.5 Å². The van der Waals surface area contributed by atoms with E-state index in [9.17, 15) is 18.0 Å². The predicted octanol–water partition coefficient (Wildman–Crippen LogP) is 2.68. The smallest absolute Gasteiger partial charge is 0.341 e. The quantitative estimate of drug-likeness (QED) is 0.778. The number of aryl methyl sites for hydroxylation is 1. The van der Waals surface area contributed by atoms with E-state index in [0.29, 0.717) is 24.8 Å². The summed E-state index contributed by atoms with van der Waals surface area (Å²) in [5, 5.41) is 5.58. The van der Waals surface area contributed by atoms with Gasteiger partial charge in [0.25, 0.3) is 0 Å². The maximum absolute atomic E-state index is 12.7. The first-order valence-corrected chi connectivity index (χ1v) is 8.66. The summed E-state index contributed by atoms with van der Waals surface area (Å²) in [5.74, 6) is -0.180. The second kappa shape index (κ2) is 6.79. The van der Waals surface area contributed by atoms with Crippen LogP contribution in [0.1, 0.15) is 24.2 Å². The second-order valence-corrected chi connectivity index (χ2v) is 6.97. The van der Waals surface area contributed by atoms with Crippen molar-refractivity contribution < 1.29 is 18.0 Å². The van der Waals surface area contributed by atoms with E-state index >= 15 is 0 Å². The van der Waals surface area contributed by atoms with E-state index in [1.807, 2.05) is 0 Å². The van der Waals surface area contributed by atoms with Crippen LogP contribution in [0, 0.1) is 6.92 Å². The van der Waals surface area contributed by atoms with Crippen molar-refractivity contribution in [1.82, 2.24) is 19.0 Å². The molecule has 0 atom stereocenters. The van der Waals surface area contributed by atoms with Crippen LogP contribution in [0.3, 0.4) is 0 Å². The Morgan fingerprint density at radius 2 is 2.08 bits per heavy atom. The average molecular weight is 360 g/mol. The number of carbonyl (C=O) groups is 1. The Balaban J connectivity index is 1.55. The standard InChI is InChI=1S/C15H19F3N4OS/c1-11-9-13(15(16,17)18)19-21(11)10-14(23)20-6-3-12(4-7-20)22-5-2-8-24-22/h2,8-9,12H,3-7,10H2,1H3. The Kier molecular flexibility index (Phi) is 4.91. The van der Waals surface area contributed by atoms with Gasteiger partial charge in [-0.3, -0.25) is 9.48 Å². The van der Waals surface area contributed by atoms with Crippen molar-refractivity contribution in [3.05, 3.63) is 28.9 Å². The van der Waals surface area contributed by atoms with Crippen LogP contribution in [-0.2, 0) is 17.5 Å². The van der Waals surface area contributed by atoms with E-state index < -0.39 is 11.9 Å². The zero-order chi connectivity index (χ0) is 17.3. The molecule has 5 nitrogen and oxygen atoms in total. The van der Waals surface area contributed by atoms with Crippen molar-refractivity contribution in [2.24, 2.45) is 0 Å². The van der Waals surface area contributed by atoms with E-state index in [0.717, 1.165) is 30.1 Å². The lowest BCUT2D eigenvalue weighted by Gasteiger charge is -2.35. The number of alkyl halides is 3. The molecule has 0 unspecified atom stereocenters. The number of carbonyl (C=O) groups excluding carboxylic acids is 1. The first kappa shape index (κ1) is 17.3. The summed E-state index contributed by atoms with van der Waals surface area (Å²) in [6.45, 7) is 3.57. The van der Waals surface area contributed by atoms with Crippen LogP contribution < -0.4 is 0 Å². The zero-order valence-electron chi connectivity index (χ0n) is 13.3. The fraction of sp³-hybridized carbons (Fsp3) is 0.600. The Labute approximate surface area is 142 Å². The molecule has 3 rings (SSSR count). The minimum atomic E-state index is -4.49. The Hall–Kier alpha value is -1.48. The Morgan fingerprint density at radius 3 is 2.62 bits per heavy atom. The molecule has 9 heteroatoms. The summed E-state index contributed by atoms with van der Waals surface area (Å²) in [6.07, 6.45) is -0.613. The van der Waals surface area contributed by atoms with Crippen LogP contribution in [0.25, 0.3) is 0 Å². The highest BCUT2D eigenvalue weighted by molar-refractivity contribution is 8.00. The molecule has 0 aliphatic carbocycles. The van der Waals surface area contributed by atoms with Gasteiger partial charge in [0.1, 0.15) is 6.54 Å². The van der Waals surface area contributed by atoms with Crippen molar-refractivity contribution >= 4 is 17.9 Å². The van der Waals surface area contributed by atoms with Crippen molar-refractivity contribution in [3.63, 3.8) is 0 Å². The molecule has 0 aromatic carbocycles. The molecule has 0 N–H and O–H groups in total. The van der Waals surface area contributed by atoms with Crippen molar-refractivity contribution in [2.45, 2.75) is 38.5 Å². The first-order chi connectivity index (χ1) is 11.3. The molecule has 2 aliphatic rings. The molecule has 1 saturated heterocycles. The van der Waals surface area contributed by atoms with Gasteiger partial charge in [-0.25, -0.2) is 4.31 Å². The van der Waals surface area contributed by atoms with E-state index in [1.54, 1.807) is 16.8 Å². The van der Waals surface area contributed by atoms with E-state index in [4.69, 9.17) is 0 Å². The molecule has 1 aromatic heterocycles. The number of likely N-dealkylation sites (tertiary alicyclic amines) is 1. The number of hydrogen-bond acceptors (Lipinski definition) is 4. The van der Waals surface area contributed by atoms with Crippen molar-refractivity contribution in [3.8, 4) is 0 Å². The topological polar surface area (TPSA) is 41.4 Å². The highest BCUT2D eigenvalue weighted by Gasteiger charge is 2.35. The van der Waals surface area contributed by atoms with Gasteiger partial charge in [-0.2, -0.15) is 18.3 Å². The molecule has 132 valence electrons. The average Bonchev–Trinajstić information content (AvgIpc) is 3.17. The van der Waals surface area contributed by atoms with Gasteiger partial charge in [0.2, 0.25) is 5.91 Å². The number of hydrogen-bond donors (Lipinski definition) is 0. The summed E-state index contributed by atoms with van der Waals surface area (Å²) < 4.78 is 41.5. The summed E-state index contributed by atoms with van der Waals surface area (Å²) in [5.41, 5.74) is -0.616. The van der Waals surface area contributed by atoms with Gasteiger partial charge in [-0.05, 0) is 43.2 Å². The van der Waals surface area contributed by atoms with E-state index in [2.05, 4.69) is 20.9 Å². The fourth-order valence-corrected chi connectivity index (χ4v) is 3.87. The highest BCUT2D eigenvalue weighted by Crippen LogP contribution is 2.29. The molecule has 0 spiro atoms. The molecule has 1 aromatic rings. The molecule has 2 aliphatic heterocycles. The molecule has 24 heavy (non-hydrogen) atoms. The number of halogens is 3. The van der Waals surface area contributed by atoms with Gasteiger partial charge in [-0.1, -0.05) is 6.08 Å². The number of rotatable bonds is 3. The number of piperidine rings is 1. The molecule has 0 bridgehead atoms. The maximum Gasteiger partial charge on any atom is 0.435 e. The third kappa shape index (κ3) is 3.77. The maximum atomic E-state index is 12.7. The van der Waals surface area contributed by atoms with E-state index in [1.165, 1.54) is 6.92 Å². The minimum absolute atomic E-state index is 0.146. The van der Waals surface area contributed by atoms with Gasteiger partial charge < -0.3 is 4.90 Å². The van der Waals surface area contributed by atoms with Crippen molar-refractivity contribution in [1.29, 1.82) is 0 Å². The predicted molar refractivity (Wildman–Crippen MR) is 85.0 cm³/mol. The van der Waals surface area contributed by atoms with Gasteiger partial charge in [-0.15, -0.1) is 0 Å². The number of amides is 1. The van der Waals surface area contributed by atoms with Gasteiger partial charge in [0.15, 0.2) is 5.69 Å². The van der Waals surface area contributed by atoms with Crippen LogP contribution >= 0.6 is 11.9 Å². The fourth-order valence-electron chi connectivity index (χ4n) is 2.99. The normalized spacial score (nSPS) is 20.1. The lowest BCUT2D eigenvalue weighted by molar-refractivity contribution is -0.142. The molecule has 3 heterocycles. The van der Waals surface area contributed by atoms with Crippen LogP contribution in [0.15, 0.2) is 17.6 Å². The molecule has 1 amide bonds. The monoisotopic (exact) mass is 360 g/mol.